The van der Waals surface area contributed by atoms with Crippen LogP contribution in [0.15, 0.2) is 0 Å². The smallest absolute Gasteiger partial charge is 0.407 e. The third-order valence-electron chi connectivity index (χ3n) is 4.20. The number of carbonyl (C=O) groups excluding carboxylic acids is 2. The van der Waals surface area contributed by atoms with Gasteiger partial charge in [0, 0.05) is 12.1 Å². The number of ether oxygens (including phenoxy) is 2. The lowest BCUT2D eigenvalue weighted by atomic mass is 9.91. The van der Waals surface area contributed by atoms with Gasteiger partial charge in [-0.2, -0.15) is 0 Å². The summed E-state index contributed by atoms with van der Waals surface area (Å²) in [6.07, 6.45) is 2.01. The Morgan fingerprint density at radius 3 is 1.85 bits per heavy atom. The van der Waals surface area contributed by atoms with Gasteiger partial charge in [-0.1, -0.05) is 0 Å². The van der Waals surface area contributed by atoms with E-state index in [0.717, 1.165) is 12.8 Å². The highest BCUT2D eigenvalue weighted by Gasteiger charge is 2.36. The molecule has 1 rings (SSSR count). The molecule has 7 heteroatoms. The highest BCUT2D eigenvalue weighted by atomic mass is 16.6. The highest BCUT2D eigenvalue weighted by molar-refractivity contribution is 5.68. The molecule has 26 heavy (non-hydrogen) atoms. The normalized spacial score (nSPS) is 18.5. The van der Waals surface area contributed by atoms with E-state index in [9.17, 15) is 9.59 Å². The molecule has 0 saturated heterocycles. The lowest BCUT2D eigenvalue weighted by Gasteiger charge is -2.30. The molecule has 2 amide bonds. The van der Waals surface area contributed by atoms with Crippen molar-refractivity contribution in [2.75, 3.05) is 6.54 Å². The van der Waals surface area contributed by atoms with Gasteiger partial charge in [-0.25, -0.2) is 9.59 Å². The summed E-state index contributed by atoms with van der Waals surface area (Å²) in [5, 5.41) is 5.84. The number of amides is 2. The van der Waals surface area contributed by atoms with E-state index < -0.39 is 23.4 Å². The Hall–Kier alpha value is -1.50. The topological polar surface area (TPSA) is 103 Å². The van der Waals surface area contributed by atoms with Crippen molar-refractivity contribution in [2.24, 2.45) is 17.6 Å². The Morgan fingerprint density at radius 2 is 1.46 bits per heavy atom. The number of rotatable bonds is 7. The van der Waals surface area contributed by atoms with Crippen molar-refractivity contribution in [1.29, 1.82) is 0 Å². The summed E-state index contributed by atoms with van der Waals surface area (Å²) >= 11 is 0. The number of nitrogens with two attached hydrogens (primary N) is 1. The molecule has 0 spiro atoms. The molecule has 1 fully saturated rings. The Morgan fingerprint density at radius 1 is 1.00 bits per heavy atom. The third kappa shape index (κ3) is 9.27. The van der Waals surface area contributed by atoms with Gasteiger partial charge in [-0.3, -0.25) is 0 Å². The second-order valence-corrected chi connectivity index (χ2v) is 9.26. The minimum absolute atomic E-state index is 0.00119. The Kier molecular flexibility index (Phi) is 7.74. The Labute approximate surface area is 157 Å². The van der Waals surface area contributed by atoms with Gasteiger partial charge in [0.25, 0.3) is 0 Å². The number of alkyl carbamates (subject to hydrolysis) is 2. The molecule has 0 aromatic rings. The lowest BCUT2D eigenvalue weighted by molar-refractivity contribution is 0.0454. The zero-order valence-electron chi connectivity index (χ0n) is 17.3. The van der Waals surface area contributed by atoms with Crippen molar-refractivity contribution >= 4 is 12.2 Å². The average molecular weight is 372 g/mol. The summed E-state index contributed by atoms with van der Waals surface area (Å²) in [7, 11) is 0. The third-order valence-corrected chi connectivity index (χ3v) is 4.20. The molecule has 152 valence electrons. The zero-order valence-corrected chi connectivity index (χ0v) is 17.3. The molecule has 0 aromatic carbocycles. The quantitative estimate of drug-likeness (QED) is 0.638. The van der Waals surface area contributed by atoms with Crippen molar-refractivity contribution < 1.29 is 19.1 Å². The second kappa shape index (κ2) is 8.93. The van der Waals surface area contributed by atoms with Crippen LogP contribution in [0.5, 0.6) is 0 Å². The van der Waals surface area contributed by atoms with Gasteiger partial charge in [0.05, 0.1) is 0 Å². The zero-order chi connectivity index (χ0) is 20.1. The fourth-order valence-electron chi connectivity index (χ4n) is 2.77. The maximum Gasteiger partial charge on any atom is 0.407 e. The first-order chi connectivity index (χ1) is 11.8. The van der Waals surface area contributed by atoms with E-state index in [0.29, 0.717) is 18.9 Å². The van der Waals surface area contributed by atoms with E-state index in [2.05, 4.69) is 10.6 Å². The summed E-state index contributed by atoms with van der Waals surface area (Å²) in [6.45, 7) is 13.3. The summed E-state index contributed by atoms with van der Waals surface area (Å²) in [5.41, 5.74) is 4.87. The van der Waals surface area contributed by atoms with Gasteiger partial charge in [-0.15, -0.1) is 0 Å². The average Bonchev–Trinajstić information content (AvgIpc) is 3.22. The number of carbonyl (C=O) groups is 2. The predicted octanol–water partition coefficient (Wildman–Crippen LogP) is 3.17. The van der Waals surface area contributed by atoms with Crippen LogP contribution in [0.3, 0.4) is 0 Å². The van der Waals surface area contributed by atoms with Crippen LogP contribution >= 0.6 is 0 Å². The molecule has 1 saturated carbocycles. The minimum atomic E-state index is -0.545. The molecule has 3 atom stereocenters. The van der Waals surface area contributed by atoms with E-state index in [1.165, 1.54) is 0 Å². The summed E-state index contributed by atoms with van der Waals surface area (Å²) < 4.78 is 10.7. The van der Waals surface area contributed by atoms with Gasteiger partial charge < -0.3 is 25.8 Å². The Balaban J connectivity index is 2.61. The van der Waals surface area contributed by atoms with Crippen LogP contribution in [-0.2, 0) is 9.47 Å². The van der Waals surface area contributed by atoms with Crippen LogP contribution in [-0.4, -0.2) is 42.0 Å². The molecule has 0 aliphatic heterocycles. The second-order valence-electron chi connectivity index (χ2n) is 9.26. The van der Waals surface area contributed by atoms with Gasteiger partial charge in [0.2, 0.25) is 0 Å². The molecule has 1 unspecified atom stereocenters. The number of hydrogen-bond donors (Lipinski definition) is 3. The highest BCUT2D eigenvalue weighted by Crippen LogP contribution is 2.35. The molecular formula is C19H37N3O4. The molecular weight excluding hydrogens is 334 g/mol. The van der Waals surface area contributed by atoms with Crippen molar-refractivity contribution in [3.63, 3.8) is 0 Å². The molecule has 0 radical (unpaired) electrons. The Bertz CT molecular complexity index is 478. The summed E-state index contributed by atoms with van der Waals surface area (Å²) in [4.78, 5) is 24.1. The van der Waals surface area contributed by atoms with E-state index in [4.69, 9.17) is 15.2 Å². The van der Waals surface area contributed by atoms with E-state index >= 15 is 0 Å². The van der Waals surface area contributed by atoms with Gasteiger partial charge in [0.1, 0.15) is 11.2 Å². The first-order valence-corrected chi connectivity index (χ1v) is 9.50. The van der Waals surface area contributed by atoms with Crippen LogP contribution in [0.2, 0.25) is 0 Å². The van der Waals surface area contributed by atoms with Crippen LogP contribution in [0.1, 0.15) is 67.7 Å². The molecule has 0 aromatic heterocycles. The van der Waals surface area contributed by atoms with Crippen LogP contribution in [0.4, 0.5) is 9.59 Å². The van der Waals surface area contributed by atoms with Crippen molar-refractivity contribution in [3.8, 4) is 0 Å². The molecule has 0 bridgehead atoms. The monoisotopic (exact) mass is 371 g/mol. The molecule has 1 aliphatic carbocycles. The van der Waals surface area contributed by atoms with Crippen molar-refractivity contribution in [2.45, 2.75) is 91.0 Å². The van der Waals surface area contributed by atoms with Crippen LogP contribution in [0, 0.1) is 11.8 Å². The fraction of sp³-hybridized carbons (Fsp3) is 0.895. The van der Waals surface area contributed by atoms with E-state index in [1.54, 1.807) is 0 Å². The van der Waals surface area contributed by atoms with E-state index in [1.807, 2.05) is 48.5 Å². The van der Waals surface area contributed by atoms with Gasteiger partial charge >= 0.3 is 12.2 Å². The summed E-state index contributed by atoms with van der Waals surface area (Å²) in [5.74, 6) is 0.480. The molecule has 0 heterocycles. The molecule has 7 nitrogen and oxygen atoms in total. The van der Waals surface area contributed by atoms with E-state index in [-0.39, 0.29) is 18.0 Å². The van der Waals surface area contributed by atoms with Crippen molar-refractivity contribution in [1.82, 2.24) is 10.6 Å². The van der Waals surface area contributed by atoms with Gasteiger partial charge in [-0.05, 0) is 86.1 Å². The van der Waals surface area contributed by atoms with Crippen LogP contribution in [0.25, 0.3) is 0 Å². The molecule has 1 aliphatic rings. The summed E-state index contributed by atoms with van der Waals surface area (Å²) in [6, 6.07) is -0.155. The first-order valence-electron chi connectivity index (χ1n) is 9.50. The molecule has 4 N–H and O–H groups in total. The van der Waals surface area contributed by atoms with Gasteiger partial charge in [0.15, 0.2) is 0 Å². The first kappa shape index (κ1) is 22.5. The standard InChI is InChI=1S/C19H37N3O4/c1-12(21-16(23)25-18(2,3)4)14(11-20)10-15(13-8-9-13)22-17(24)26-19(5,6)7/h12-15H,8-11,20H2,1-7H3,(H,21,23)(H,22,24)/t12-,14+,15?/m1/s1. The number of hydrogen-bond acceptors (Lipinski definition) is 5. The maximum atomic E-state index is 12.1. The lowest BCUT2D eigenvalue weighted by Crippen LogP contribution is -2.47. The SMILES string of the molecule is C[C@@H](NC(=O)OC(C)(C)C)[C@H](CN)CC(NC(=O)OC(C)(C)C)C1CC1. The fourth-order valence-corrected chi connectivity index (χ4v) is 2.77. The van der Waals surface area contributed by atoms with Crippen molar-refractivity contribution in [3.05, 3.63) is 0 Å². The number of nitrogens with one attached hydrogen (secondary N) is 2. The largest absolute Gasteiger partial charge is 0.444 e. The maximum absolute atomic E-state index is 12.1. The van der Waals surface area contributed by atoms with Crippen LogP contribution < -0.4 is 16.4 Å². The predicted molar refractivity (Wildman–Crippen MR) is 102 cm³/mol. The minimum Gasteiger partial charge on any atom is -0.444 e.